The number of non-ortho nitro benzene ring substituents is 1. The van der Waals surface area contributed by atoms with Gasteiger partial charge >= 0.3 is 0 Å². The number of carbonyl (C=O) groups is 1. The van der Waals surface area contributed by atoms with E-state index >= 15 is 0 Å². The van der Waals surface area contributed by atoms with E-state index in [9.17, 15) is 14.9 Å². The Labute approximate surface area is 146 Å². The normalized spacial score (nSPS) is 16.6. The first-order valence-electron chi connectivity index (χ1n) is 8.34. The van der Waals surface area contributed by atoms with Crippen LogP contribution in [0.4, 0.5) is 5.69 Å². The zero-order valence-electron chi connectivity index (χ0n) is 13.8. The molecule has 0 saturated carbocycles. The molecule has 25 heavy (non-hydrogen) atoms. The summed E-state index contributed by atoms with van der Waals surface area (Å²) >= 11 is 0. The molecule has 0 bridgehead atoms. The molecule has 6 nitrogen and oxygen atoms in total. The van der Waals surface area contributed by atoms with Gasteiger partial charge in [-0.1, -0.05) is 30.3 Å². The Morgan fingerprint density at radius 2 is 1.88 bits per heavy atom. The fourth-order valence-corrected chi connectivity index (χ4v) is 3.15. The Balaban J connectivity index is 1.55. The van der Waals surface area contributed by atoms with E-state index in [1.165, 1.54) is 29.8 Å². The van der Waals surface area contributed by atoms with E-state index in [1.807, 2.05) is 23.1 Å². The molecule has 0 radical (unpaired) electrons. The molecule has 1 saturated heterocycles. The first-order valence-corrected chi connectivity index (χ1v) is 8.34. The summed E-state index contributed by atoms with van der Waals surface area (Å²) < 4.78 is 5.50. The lowest BCUT2D eigenvalue weighted by molar-refractivity contribution is -0.384. The quantitative estimate of drug-likeness (QED) is 0.598. The van der Waals surface area contributed by atoms with E-state index in [2.05, 4.69) is 12.1 Å². The van der Waals surface area contributed by atoms with Crippen LogP contribution in [0.5, 0.6) is 5.75 Å². The lowest BCUT2D eigenvalue weighted by Gasteiger charge is -2.25. The number of ether oxygens (including phenoxy) is 1. The van der Waals surface area contributed by atoms with Gasteiger partial charge in [-0.2, -0.15) is 0 Å². The fraction of sp³-hybridized carbons (Fsp3) is 0.316. The van der Waals surface area contributed by atoms with Crippen molar-refractivity contribution in [2.75, 3.05) is 13.2 Å². The van der Waals surface area contributed by atoms with Crippen molar-refractivity contribution in [3.63, 3.8) is 0 Å². The van der Waals surface area contributed by atoms with Crippen LogP contribution < -0.4 is 4.74 Å². The summed E-state index contributed by atoms with van der Waals surface area (Å²) in [5.41, 5.74) is 1.23. The van der Waals surface area contributed by atoms with Gasteiger partial charge in [0.2, 0.25) is 0 Å². The molecule has 0 N–H and O–H groups in total. The van der Waals surface area contributed by atoms with Crippen LogP contribution in [-0.4, -0.2) is 34.9 Å². The number of nitrogens with zero attached hydrogens (tertiary/aromatic N) is 2. The minimum absolute atomic E-state index is 0.00106. The van der Waals surface area contributed by atoms with Crippen LogP contribution >= 0.6 is 0 Å². The minimum Gasteiger partial charge on any atom is -0.484 e. The molecule has 1 aliphatic heterocycles. The second-order valence-electron chi connectivity index (χ2n) is 6.11. The molecule has 2 aromatic rings. The predicted octanol–water partition coefficient (Wildman–Crippen LogP) is 3.21. The van der Waals surface area contributed by atoms with Crippen molar-refractivity contribution in [2.45, 2.75) is 25.3 Å². The molecule has 0 aromatic heterocycles. The number of benzene rings is 2. The third kappa shape index (κ3) is 4.35. The zero-order chi connectivity index (χ0) is 17.6. The Kier molecular flexibility index (Phi) is 5.28. The Morgan fingerprint density at radius 1 is 1.16 bits per heavy atom. The van der Waals surface area contributed by atoms with Crippen LogP contribution in [0.25, 0.3) is 0 Å². The summed E-state index contributed by atoms with van der Waals surface area (Å²) in [7, 11) is 0. The van der Waals surface area contributed by atoms with Crippen LogP contribution in [-0.2, 0) is 11.2 Å². The summed E-state index contributed by atoms with van der Waals surface area (Å²) in [6.45, 7) is 0.697. The van der Waals surface area contributed by atoms with Crippen molar-refractivity contribution in [1.29, 1.82) is 0 Å². The van der Waals surface area contributed by atoms with Gasteiger partial charge in [0.15, 0.2) is 6.61 Å². The summed E-state index contributed by atoms with van der Waals surface area (Å²) in [6, 6.07) is 16.1. The van der Waals surface area contributed by atoms with Gasteiger partial charge in [0, 0.05) is 24.7 Å². The molecule has 1 aliphatic rings. The number of hydrogen-bond acceptors (Lipinski definition) is 4. The highest BCUT2D eigenvalue weighted by atomic mass is 16.6. The lowest BCUT2D eigenvalue weighted by atomic mass is 10.0. The number of hydrogen-bond donors (Lipinski definition) is 0. The molecule has 1 amide bonds. The van der Waals surface area contributed by atoms with E-state index < -0.39 is 4.92 Å². The van der Waals surface area contributed by atoms with E-state index in [0.717, 1.165) is 25.8 Å². The van der Waals surface area contributed by atoms with Crippen LogP contribution in [0.15, 0.2) is 54.6 Å². The summed E-state index contributed by atoms with van der Waals surface area (Å²) in [4.78, 5) is 24.6. The molecule has 0 aliphatic carbocycles. The Hall–Kier alpha value is -2.89. The zero-order valence-corrected chi connectivity index (χ0v) is 13.8. The van der Waals surface area contributed by atoms with Gasteiger partial charge in [0.25, 0.3) is 11.6 Å². The maximum atomic E-state index is 12.5. The first kappa shape index (κ1) is 17.0. The molecule has 1 atom stereocenters. The highest BCUT2D eigenvalue weighted by Gasteiger charge is 2.28. The first-order chi connectivity index (χ1) is 12.1. The molecule has 1 fully saturated rings. The smallest absolute Gasteiger partial charge is 0.269 e. The maximum Gasteiger partial charge on any atom is 0.269 e. The van der Waals surface area contributed by atoms with Crippen LogP contribution in [0.1, 0.15) is 18.4 Å². The lowest BCUT2D eigenvalue weighted by Crippen LogP contribution is -2.39. The number of carbonyl (C=O) groups excluding carboxylic acids is 1. The second-order valence-corrected chi connectivity index (χ2v) is 6.11. The van der Waals surface area contributed by atoms with E-state index in [0.29, 0.717) is 5.75 Å². The van der Waals surface area contributed by atoms with E-state index in [1.54, 1.807) is 0 Å². The molecule has 130 valence electrons. The number of nitro benzene ring substituents is 1. The average molecular weight is 340 g/mol. The molecule has 0 spiro atoms. The number of rotatable bonds is 6. The van der Waals surface area contributed by atoms with Gasteiger partial charge in [0.1, 0.15) is 5.75 Å². The summed E-state index contributed by atoms with van der Waals surface area (Å²) in [5, 5.41) is 10.6. The third-order valence-corrected chi connectivity index (χ3v) is 4.42. The van der Waals surface area contributed by atoms with Crippen LogP contribution in [0.3, 0.4) is 0 Å². The topological polar surface area (TPSA) is 72.7 Å². The minimum atomic E-state index is -0.465. The van der Waals surface area contributed by atoms with Gasteiger partial charge in [-0.3, -0.25) is 14.9 Å². The third-order valence-electron chi connectivity index (χ3n) is 4.42. The molecule has 3 rings (SSSR count). The monoisotopic (exact) mass is 340 g/mol. The highest BCUT2D eigenvalue weighted by Crippen LogP contribution is 2.22. The molecular formula is C19H20N2O4. The second kappa shape index (κ2) is 7.79. The molecule has 1 heterocycles. The predicted molar refractivity (Wildman–Crippen MR) is 93.5 cm³/mol. The average Bonchev–Trinajstić information content (AvgIpc) is 3.09. The van der Waals surface area contributed by atoms with Gasteiger partial charge < -0.3 is 9.64 Å². The highest BCUT2D eigenvalue weighted by molar-refractivity contribution is 5.78. The number of likely N-dealkylation sites (tertiary alicyclic amines) is 1. The van der Waals surface area contributed by atoms with Crippen molar-refractivity contribution in [3.05, 3.63) is 70.3 Å². The number of nitro groups is 1. The van der Waals surface area contributed by atoms with Gasteiger partial charge in [-0.25, -0.2) is 0 Å². The maximum absolute atomic E-state index is 12.5. The van der Waals surface area contributed by atoms with E-state index in [4.69, 9.17) is 4.74 Å². The van der Waals surface area contributed by atoms with Crippen molar-refractivity contribution in [3.8, 4) is 5.75 Å². The van der Waals surface area contributed by atoms with Crippen LogP contribution in [0, 0.1) is 10.1 Å². The van der Waals surface area contributed by atoms with Gasteiger partial charge in [-0.05, 0) is 37.0 Å². The Morgan fingerprint density at radius 3 is 2.56 bits per heavy atom. The SMILES string of the molecule is O=C(COc1ccc([N+](=O)[O-])cc1)N1CCCC1Cc1ccccc1. The molecule has 1 unspecified atom stereocenters. The Bertz CT molecular complexity index is 731. The summed E-state index contributed by atoms with van der Waals surface area (Å²) in [6.07, 6.45) is 2.85. The molecule has 2 aromatic carbocycles. The van der Waals surface area contributed by atoms with E-state index in [-0.39, 0.29) is 24.2 Å². The fourth-order valence-electron chi connectivity index (χ4n) is 3.15. The molecular weight excluding hydrogens is 320 g/mol. The largest absolute Gasteiger partial charge is 0.484 e. The summed E-state index contributed by atoms with van der Waals surface area (Å²) in [5.74, 6) is 0.412. The van der Waals surface area contributed by atoms with Crippen molar-refractivity contribution in [2.24, 2.45) is 0 Å². The van der Waals surface area contributed by atoms with Crippen molar-refractivity contribution in [1.82, 2.24) is 4.90 Å². The standard InChI is InChI=1S/C19H20N2O4/c22-19(14-25-18-10-8-16(9-11-18)21(23)24)20-12-4-7-17(20)13-15-5-2-1-3-6-15/h1-3,5-6,8-11,17H,4,7,12-14H2. The van der Waals surface area contributed by atoms with Crippen LogP contribution in [0.2, 0.25) is 0 Å². The molecule has 6 heteroatoms. The van der Waals surface area contributed by atoms with Gasteiger partial charge in [-0.15, -0.1) is 0 Å². The van der Waals surface area contributed by atoms with Crippen molar-refractivity contribution >= 4 is 11.6 Å². The van der Waals surface area contributed by atoms with Gasteiger partial charge in [0.05, 0.1) is 4.92 Å². The number of amides is 1. The van der Waals surface area contributed by atoms with Crippen molar-refractivity contribution < 1.29 is 14.5 Å².